The van der Waals surface area contributed by atoms with Crippen molar-refractivity contribution in [2.24, 2.45) is 5.92 Å². The molecule has 1 amide bonds. The van der Waals surface area contributed by atoms with Crippen molar-refractivity contribution < 1.29 is 13.9 Å². The van der Waals surface area contributed by atoms with Crippen molar-refractivity contribution in [3.05, 3.63) is 24.3 Å². The average molecular weight is 253 g/mol. The van der Waals surface area contributed by atoms with Gasteiger partial charge in [0.15, 0.2) is 5.82 Å². The maximum absolute atomic E-state index is 13.4. The van der Waals surface area contributed by atoms with E-state index in [4.69, 9.17) is 4.74 Å². The Morgan fingerprint density at radius 1 is 1.61 bits per heavy atom. The smallest absolute Gasteiger partial charge is 0.231 e. The number of anilines is 1. The lowest BCUT2D eigenvalue weighted by molar-refractivity contribution is -0.120. The Balaban J connectivity index is 2.01. The highest BCUT2D eigenvalue weighted by molar-refractivity contribution is 5.93. The largest absolute Gasteiger partial charge is 0.379 e. The molecule has 1 saturated heterocycles. The van der Waals surface area contributed by atoms with Crippen molar-refractivity contribution in [3.8, 4) is 0 Å². The number of carbonyl (C=O) groups excluding carboxylic acids is 1. The fourth-order valence-corrected chi connectivity index (χ4v) is 1.98. The zero-order valence-corrected chi connectivity index (χ0v) is 10.1. The molecule has 1 aliphatic rings. The van der Waals surface area contributed by atoms with E-state index in [1.807, 2.05) is 6.92 Å². The van der Waals surface area contributed by atoms with E-state index in [1.54, 1.807) is 0 Å². The van der Waals surface area contributed by atoms with Crippen LogP contribution in [0.5, 0.6) is 0 Å². The maximum Gasteiger partial charge on any atom is 0.231 e. The molecule has 1 fully saturated rings. The second-order valence-electron chi connectivity index (χ2n) is 4.15. The molecule has 0 aromatic carbocycles. The maximum atomic E-state index is 13.4. The summed E-state index contributed by atoms with van der Waals surface area (Å²) in [5.41, 5.74) is 0.150. The van der Waals surface area contributed by atoms with Crippen LogP contribution in [0, 0.1) is 11.7 Å². The third-order valence-electron chi connectivity index (χ3n) is 2.91. The third kappa shape index (κ3) is 2.83. The fraction of sp³-hybridized carbons (Fsp3) is 0.500. The Morgan fingerprint density at radius 2 is 2.44 bits per heavy atom. The summed E-state index contributed by atoms with van der Waals surface area (Å²) in [6.07, 6.45) is 2.51. The van der Waals surface area contributed by atoms with Gasteiger partial charge in [0.25, 0.3) is 0 Å². The van der Waals surface area contributed by atoms with Crippen LogP contribution in [0.1, 0.15) is 6.92 Å². The molecule has 0 bridgehead atoms. The number of rotatable bonds is 4. The van der Waals surface area contributed by atoms with Crippen LogP contribution in [-0.2, 0) is 9.53 Å². The second-order valence-corrected chi connectivity index (χ2v) is 4.15. The van der Waals surface area contributed by atoms with Gasteiger partial charge in [0.05, 0.1) is 31.0 Å². The molecule has 98 valence electrons. The molecule has 6 heteroatoms. The van der Waals surface area contributed by atoms with E-state index in [0.717, 1.165) is 12.7 Å². The summed E-state index contributed by atoms with van der Waals surface area (Å²) >= 11 is 0. The number of nitrogens with one attached hydrogen (secondary N) is 2. The molecule has 18 heavy (non-hydrogen) atoms. The lowest BCUT2D eigenvalue weighted by Gasteiger charge is -2.17. The zero-order chi connectivity index (χ0) is 13.0. The van der Waals surface area contributed by atoms with Crippen LogP contribution in [0.25, 0.3) is 0 Å². The number of amides is 1. The second kappa shape index (κ2) is 5.88. The topological polar surface area (TPSA) is 63.2 Å². The number of ether oxygens (including phenoxy) is 1. The van der Waals surface area contributed by atoms with Gasteiger partial charge in [-0.1, -0.05) is 6.92 Å². The highest BCUT2D eigenvalue weighted by Gasteiger charge is 2.33. The molecule has 2 rings (SSSR count). The molecule has 0 aliphatic carbocycles. The first kappa shape index (κ1) is 12.9. The third-order valence-corrected chi connectivity index (χ3v) is 2.91. The minimum atomic E-state index is -0.537. The van der Waals surface area contributed by atoms with Crippen LogP contribution in [0.15, 0.2) is 18.5 Å². The summed E-state index contributed by atoms with van der Waals surface area (Å²) in [4.78, 5) is 15.7. The van der Waals surface area contributed by atoms with Gasteiger partial charge in [-0.15, -0.1) is 0 Å². The first-order valence-corrected chi connectivity index (χ1v) is 5.94. The number of aromatic nitrogens is 1. The molecule has 2 N–H and O–H groups in total. The van der Waals surface area contributed by atoms with Crippen LogP contribution in [-0.4, -0.2) is 36.7 Å². The molecule has 0 saturated carbocycles. The van der Waals surface area contributed by atoms with Crippen LogP contribution < -0.4 is 10.6 Å². The van der Waals surface area contributed by atoms with Crippen LogP contribution >= 0.6 is 0 Å². The SMILES string of the molecule is CCNC1COCC1C(=O)Nc1ccncc1F. The van der Waals surface area contributed by atoms with Gasteiger partial charge in [-0.05, 0) is 12.6 Å². The van der Waals surface area contributed by atoms with E-state index >= 15 is 0 Å². The summed E-state index contributed by atoms with van der Waals surface area (Å²) in [7, 11) is 0. The minimum Gasteiger partial charge on any atom is -0.379 e. The summed E-state index contributed by atoms with van der Waals surface area (Å²) in [5, 5.41) is 5.75. The normalized spacial score (nSPS) is 23.0. The van der Waals surface area contributed by atoms with Crippen LogP contribution in [0.3, 0.4) is 0 Å². The van der Waals surface area contributed by atoms with Gasteiger partial charge in [0, 0.05) is 12.2 Å². The summed E-state index contributed by atoms with van der Waals surface area (Å²) < 4.78 is 18.6. The van der Waals surface area contributed by atoms with E-state index < -0.39 is 5.82 Å². The highest BCUT2D eigenvalue weighted by atomic mass is 19.1. The van der Waals surface area contributed by atoms with E-state index in [1.165, 1.54) is 12.3 Å². The quantitative estimate of drug-likeness (QED) is 0.832. The molecule has 1 aromatic heterocycles. The van der Waals surface area contributed by atoms with E-state index in [2.05, 4.69) is 15.6 Å². The van der Waals surface area contributed by atoms with Crippen LogP contribution in [0.4, 0.5) is 10.1 Å². The van der Waals surface area contributed by atoms with Gasteiger partial charge >= 0.3 is 0 Å². The molecular formula is C12H16FN3O2. The molecular weight excluding hydrogens is 237 g/mol. The van der Waals surface area contributed by atoms with E-state index in [0.29, 0.717) is 13.2 Å². The van der Waals surface area contributed by atoms with Gasteiger partial charge in [0.2, 0.25) is 5.91 Å². The number of likely N-dealkylation sites (N-methyl/N-ethyl adjacent to an activating group) is 1. The number of pyridine rings is 1. The molecule has 0 spiro atoms. The Morgan fingerprint density at radius 3 is 3.17 bits per heavy atom. The monoisotopic (exact) mass is 253 g/mol. The molecule has 5 nitrogen and oxygen atoms in total. The van der Waals surface area contributed by atoms with E-state index in [-0.39, 0.29) is 23.6 Å². The Labute approximate surface area is 105 Å². The summed E-state index contributed by atoms with van der Waals surface area (Å²) in [6, 6.07) is 1.42. The van der Waals surface area contributed by atoms with Gasteiger partial charge < -0.3 is 15.4 Å². The summed E-state index contributed by atoms with van der Waals surface area (Å²) in [6.45, 7) is 3.60. The number of carbonyl (C=O) groups is 1. The molecule has 1 aromatic rings. The average Bonchev–Trinajstić information content (AvgIpc) is 2.81. The Kier molecular flexibility index (Phi) is 4.22. The molecule has 0 radical (unpaired) electrons. The van der Waals surface area contributed by atoms with Gasteiger partial charge in [-0.3, -0.25) is 9.78 Å². The van der Waals surface area contributed by atoms with Gasteiger partial charge in [0.1, 0.15) is 0 Å². The van der Waals surface area contributed by atoms with Crippen molar-refractivity contribution in [1.82, 2.24) is 10.3 Å². The predicted octanol–water partition coefficient (Wildman–Crippen LogP) is 0.784. The lowest BCUT2D eigenvalue weighted by atomic mass is 10.0. The zero-order valence-electron chi connectivity index (χ0n) is 10.1. The first-order chi connectivity index (χ1) is 8.72. The van der Waals surface area contributed by atoms with Crippen molar-refractivity contribution in [3.63, 3.8) is 0 Å². The number of nitrogens with zero attached hydrogens (tertiary/aromatic N) is 1. The lowest BCUT2D eigenvalue weighted by Crippen LogP contribution is -2.41. The molecule has 2 heterocycles. The van der Waals surface area contributed by atoms with Crippen LogP contribution in [0.2, 0.25) is 0 Å². The van der Waals surface area contributed by atoms with E-state index in [9.17, 15) is 9.18 Å². The minimum absolute atomic E-state index is 0.0140. The standard InChI is InChI=1S/C12H16FN3O2/c1-2-15-11-7-18-6-8(11)12(17)16-10-3-4-14-5-9(10)13/h3-5,8,11,15H,2,6-7H2,1H3,(H,14,16,17). The predicted molar refractivity (Wildman–Crippen MR) is 64.6 cm³/mol. The van der Waals surface area contributed by atoms with Crippen molar-refractivity contribution in [2.75, 3.05) is 25.1 Å². The number of hydrogen-bond acceptors (Lipinski definition) is 4. The number of halogens is 1. The summed E-state index contributed by atoms with van der Waals surface area (Å²) in [5.74, 6) is -1.06. The Hall–Kier alpha value is -1.53. The Bertz CT molecular complexity index is 428. The first-order valence-electron chi connectivity index (χ1n) is 5.94. The molecule has 2 atom stereocenters. The highest BCUT2D eigenvalue weighted by Crippen LogP contribution is 2.18. The van der Waals surface area contributed by atoms with Crippen molar-refractivity contribution in [2.45, 2.75) is 13.0 Å². The van der Waals surface area contributed by atoms with Gasteiger partial charge in [-0.25, -0.2) is 4.39 Å². The number of hydrogen-bond donors (Lipinski definition) is 2. The molecule has 1 aliphatic heterocycles. The van der Waals surface area contributed by atoms with Gasteiger partial charge in [-0.2, -0.15) is 0 Å². The van der Waals surface area contributed by atoms with Crippen molar-refractivity contribution >= 4 is 11.6 Å². The van der Waals surface area contributed by atoms with Crippen molar-refractivity contribution in [1.29, 1.82) is 0 Å². The molecule has 2 unspecified atom stereocenters. The fourth-order valence-electron chi connectivity index (χ4n) is 1.98.